The van der Waals surface area contributed by atoms with Crippen LogP contribution in [0.2, 0.25) is 5.02 Å². The molecule has 2 aromatic rings. The van der Waals surface area contributed by atoms with Crippen molar-refractivity contribution < 1.29 is 9.84 Å². The Morgan fingerprint density at radius 1 is 1.17 bits per heavy atom. The van der Waals surface area contributed by atoms with Gasteiger partial charge < -0.3 is 15.2 Å². The third-order valence-electron chi connectivity index (χ3n) is 3.83. The summed E-state index contributed by atoms with van der Waals surface area (Å²) in [6.45, 7) is 5.37. The van der Waals surface area contributed by atoms with Crippen LogP contribution in [0.1, 0.15) is 30.0 Å². The van der Waals surface area contributed by atoms with E-state index in [0.29, 0.717) is 18.2 Å². The highest BCUT2D eigenvalue weighted by Gasteiger charge is 2.09. The molecule has 2 N–H and O–H groups in total. The summed E-state index contributed by atoms with van der Waals surface area (Å²) in [7, 11) is 0. The third kappa shape index (κ3) is 6.33. The van der Waals surface area contributed by atoms with E-state index in [9.17, 15) is 5.11 Å². The fourth-order valence-electron chi connectivity index (χ4n) is 2.26. The minimum absolute atomic E-state index is 0. The average molecular weight is 370 g/mol. The molecule has 0 aliphatic heterocycles. The summed E-state index contributed by atoms with van der Waals surface area (Å²) in [6.07, 6.45) is 0.872. The van der Waals surface area contributed by atoms with E-state index in [1.165, 1.54) is 5.56 Å². The molecule has 1 atom stereocenters. The highest BCUT2D eigenvalue weighted by atomic mass is 35.5. The van der Waals surface area contributed by atoms with Gasteiger partial charge in [0.15, 0.2) is 0 Å². The van der Waals surface area contributed by atoms with Crippen LogP contribution < -0.4 is 10.1 Å². The van der Waals surface area contributed by atoms with Gasteiger partial charge in [0.2, 0.25) is 0 Å². The van der Waals surface area contributed by atoms with Crippen LogP contribution in [0.4, 0.5) is 0 Å². The first kappa shape index (κ1) is 20.8. The number of rotatable bonds is 8. The summed E-state index contributed by atoms with van der Waals surface area (Å²) in [5.74, 6) is 0.815. The summed E-state index contributed by atoms with van der Waals surface area (Å²) >= 11 is 6.10. The Kier molecular flexibility index (Phi) is 9.16. The van der Waals surface area contributed by atoms with Gasteiger partial charge in [-0.3, -0.25) is 0 Å². The highest BCUT2D eigenvalue weighted by Crippen LogP contribution is 2.24. The molecule has 0 heterocycles. The van der Waals surface area contributed by atoms with Gasteiger partial charge in [-0.15, -0.1) is 12.4 Å². The van der Waals surface area contributed by atoms with Crippen LogP contribution in [0.5, 0.6) is 5.75 Å². The Morgan fingerprint density at radius 3 is 2.50 bits per heavy atom. The lowest BCUT2D eigenvalue weighted by Crippen LogP contribution is -2.31. The molecular weight excluding hydrogens is 345 g/mol. The van der Waals surface area contributed by atoms with Crippen LogP contribution in [0.3, 0.4) is 0 Å². The van der Waals surface area contributed by atoms with Crippen molar-refractivity contribution in [2.24, 2.45) is 0 Å². The molecule has 0 spiro atoms. The van der Waals surface area contributed by atoms with Crippen LogP contribution in [0, 0.1) is 6.92 Å². The van der Waals surface area contributed by atoms with Gasteiger partial charge in [-0.05, 0) is 37.1 Å². The second-order valence-electron chi connectivity index (χ2n) is 5.69. The second kappa shape index (κ2) is 10.6. The quantitative estimate of drug-likeness (QED) is 0.719. The summed E-state index contributed by atoms with van der Waals surface area (Å²) in [6, 6.07) is 14.0. The van der Waals surface area contributed by atoms with Gasteiger partial charge in [0.25, 0.3) is 0 Å². The van der Waals surface area contributed by atoms with E-state index >= 15 is 0 Å². The molecule has 3 nitrogen and oxygen atoms in total. The largest absolute Gasteiger partial charge is 0.489 e. The number of aliphatic hydroxyl groups is 1. The minimum atomic E-state index is 0. The maximum Gasteiger partial charge on any atom is 0.124 e. The van der Waals surface area contributed by atoms with Gasteiger partial charge in [0.05, 0.1) is 6.61 Å². The predicted molar refractivity (Wildman–Crippen MR) is 102 cm³/mol. The molecule has 0 fully saturated rings. The van der Waals surface area contributed by atoms with E-state index in [1.54, 1.807) is 0 Å². The van der Waals surface area contributed by atoms with Gasteiger partial charge in [-0.25, -0.2) is 0 Å². The van der Waals surface area contributed by atoms with Crippen molar-refractivity contribution in [1.82, 2.24) is 5.32 Å². The molecule has 2 rings (SSSR count). The van der Waals surface area contributed by atoms with E-state index in [2.05, 4.69) is 36.5 Å². The van der Waals surface area contributed by atoms with Gasteiger partial charge in [-0.2, -0.15) is 0 Å². The van der Waals surface area contributed by atoms with E-state index in [-0.39, 0.29) is 25.1 Å². The number of aryl methyl sites for hydroxylation is 1. The first-order chi connectivity index (χ1) is 11.1. The third-order valence-corrected chi connectivity index (χ3v) is 4.07. The number of nitrogens with one attached hydrogen (secondary N) is 1. The van der Waals surface area contributed by atoms with Crippen molar-refractivity contribution >= 4 is 24.0 Å². The zero-order valence-corrected chi connectivity index (χ0v) is 15.7. The molecular formula is C19H25Cl2NO2. The molecule has 0 radical (unpaired) electrons. The lowest BCUT2D eigenvalue weighted by atomic mass is 10.1. The number of hydrogen-bond donors (Lipinski definition) is 2. The lowest BCUT2D eigenvalue weighted by Gasteiger charge is -2.17. The Labute approximate surface area is 155 Å². The average Bonchev–Trinajstić information content (AvgIpc) is 2.56. The Morgan fingerprint density at radius 2 is 1.88 bits per heavy atom. The number of hydrogen-bond acceptors (Lipinski definition) is 3. The molecule has 0 saturated heterocycles. The Hall–Kier alpha value is -1.26. The van der Waals surface area contributed by atoms with Crippen LogP contribution in [-0.2, 0) is 13.2 Å². The van der Waals surface area contributed by atoms with Crippen LogP contribution >= 0.6 is 24.0 Å². The monoisotopic (exact) mass is 369 g/mol. The molecule has 0 saturated carbocycles. The van der Waals surface area contributed by atoms with Crippen molar-refractivity contribution in [2.75, 3.05) is 6.61 Å². The second-order valence-corrected chi connectivity index (χ2v) is 6.13. The van der Waals surface area contributed by atoms with Crippen molar-refractivity contribution in [3.05, 3.63) is 64.2 Å². The normalized spacial score (nSPS) is 11.7. The SMILES string of the molecule is CCC(CO)NCc1cc(Cl)ccc1OCc1ccc(C)cc1.Cl. The fourth-order valence-corrected chi connectivity index (χ4v) is 2.46. The number of halogens is 2. The maximum absolute atomic E-state index is 9.28. The van der Waals surface area contributed by atoms with Gasteiger partial charge in [-0.1, -0.05) is 48.4 Å². The van der Waals surface area contributed by atoms with Crippen molar-refractivity contribution in [1.29, 1.82) is 0 Å². The molecule has 24 heavy (non-hydrogen) atoms. The summed E-state index contributed by atoms with van der Waals surface area (Å²) in [5.41, 5.74) is 3.36. The topological polar surface area (TPSA) is 41.5 Å². The molecule has 1 unspecified atom stereocenters. The summed E-state index contributed by atoms with van der Waals surface area (Å²) < 4.78 is 5.96. The summed E-state index contributed by atoms with van der Waals surface area (Å²) in [5, 5.41) is 13.3. The molecule has 2 aromatic carbocycles. The van der Waals surface area contributed by atoms with E-state index in [4.69, 9.17) is 16.3 Å². The first-order valence-corrected chi connectivity index (χ1v) is 8.31. The highest BCUT2D eigenvalue weighted by molar-refractivity contribution is 6.30. The maximum atomic E-state index is 9.28. The van der Waals surface area contributed by atoms with Crippen molar-refractivity contribution in [2.45, 2.75) is 39.5 Å². The molecule has 0 amide bonds. The van der Waals surface area contributed by atoms with Gasteiger partial charge >= 0.3 is 0 Å². The predicted octanol–water partition coefficient (Wildman–Crippen LogP) is 4.51. The molecule has 5 heteroatoms. The van der Waals surface area contributed by atoms with Crippen LogP contribution in [0.15, 0.2) is 42.5 Å². The molecule has 0 aliphatic carbocycles. The first-order valence-electron chi connectivity index (χ1n) is 7.93. The van der Waals surface area contributed by atoms with Crippen molar-refractivity contribution in [3.63, 3.8) is 0 Å². The summed E-state index contributed by atoms with van der Waals surface area (Å²) in [4.78, 5) is 0. The van der Waals surface area contributed by atoms with Crippen LogP contribution in [0.25, 0.3) is 0 Å². The Balaban J connectivity index is 0.00000288. The molecule has 0 aromatic heterocycles. The van der Waals surface area contributed by atoms with Crippen molar-refractivity contribution in [3.8, 4) is 5.75 Å². The number of benzene rings is 2. The van der Waals surface area contributed by atoms with E-state index in [1.807, 2.05) is 25.1 Å². The minimum Gasteiger partial charge on any atom is -0.489 e. The zero-order chi connectivity index (χ0) is 16.7. The zero-order valence-electron chi connectivity index (χ0n) is 14.1. The number of aliphatic hydroxyl groups excluding tert-OH is 1. The smallest absolute Gasteiger partial charge is 0.124 e. The van der Waals surface area contributed by atoms with Crippen LogP contribution in [-0.4, -0.2) is 17.8 Å². The Bertz CT molecular complexity index is 613. The molecule has 0 aliphatic rings. The fraction of sp³-hybridized carbons (Fsp3) is 0.368. The van der Waals surface area contributed by atoms with Gasteiger partial charge in [0, 0.05) is 23.2 Å². The van der Waals surface area contributed by atoms with E-state index in [0.717, 1.165) is 23.3 Å². The number of ether oxygens (including phenoxy) is 1. The standard InChI is InChI=1S/C19H24ClNO2.ClH/c1-3-18(12-22)21-11-16-10-17(20)8-9-19(16)23-13-15-6-4-14(2)5-7-15;/h4-10,18,21-22H,3,11-13H2,1-2H3;1H. The van der Waals surface area contributed by atoms with Gasteiger partial charge in [0.1, 0.15) is 12.4 Å². The van der Waals surface area contributed by atoms with E-state index < -0.39 is 0 Å². The lowest BCUT2D eigenvalue weighted by molar-refractivity contribution is 0.237. The molecule has 132 valence electrons. The molecule has 0 bridgehead atoms.